The Morgan fingerprint density at radius 3 is 2.73 bits per heavy atom. The molecule has 1 amide bonds. The molecule has 1 fully saturated rings. The molecule has 30 heavy (non-hydrogen) atoms. The molecule has 0 unspecified atom stereocenters. The molecule has 5 nitrogen and oxygen atoms in total. The Kier molecular flexibility index (Phi) is 5.49. The van der Waals surface area contributed by atoms with Crippen molar-refractivity contribution in [2.24, 2.45) is 5.92 Å². The molecule has 0 N–H and O–H groups in total. The number of likely N-dealkylation sites (tertiary alicyclic amines) is 1. The van der Waals surface area contributed by atoms with Crippen LogP contribution in [0.4, 0.5) is 13.2 Å². The number of pyridine rings is 1. The molecule has 1 aliphatic heterocycles. The number of alkyl halides is 3. The summed E-state index contributed by atoms with van der Waals surface area (Å²) in [6, 6.07) is 7.84. The van der Waals surface area contributed by atoms with Gasteiger partial charge in [0.1, 0.15) is 0 Å². The van der Waals surface area contributed by atoms with E-state index in [4.69, 9.17) is 0 Å². The Bertz CT molecular complexity index is 1030. The molecule has 3 heterocycles. The highest BCUT2D eigenvalue weighted by Gasteiger charge is 2.35. The second kappa shape index (κ2) is 8.08. The van der Waals surface area contributed by atoms with E-state index < -0.39 is 11.7 Å². The van der Waals surface area contributed by atoms with E-state index in [1.165, 1.54) is 6.20 Å². The standard InChI is InChI=1S/C22H23F3N4O/c1-15-12-16(14-28(13-15)20(30)7-11-29-10-3-9-27-29)17-5-6-19(22(23,24)25)21-18(17)4-2-8-26-21/h2-6,8-10,15-16H,7,11-14H2,1H3/t15-,16+/m1/s1. The highest BCUT2D eigenvalue weighted by atomic mass is 19.4. The lowest BCUT2D eigenvalue weighted by molar-refractivity contribution is -0.136. The fraction of sp³-hybridized carbons (Fsp3) is 0.409. The number of hydrogen-bond acceptors (Lipinski definition) is 3. The lowest BCUT2D eigenvalue weighted by Crippen LogP contribution is -2.42. The molecule has 0 radical (unpaired) electrons. The molecule has 2 aromatic heterocycles. The van der Waals surface area contributed by atoms with Crippen LogP contribution in [0.15, 0.2) is 48.9 Å². The van der Waals surface area contributed by atoms with Crippen LogP contribution >= 0.6 is 0 Å². The molecule has 1 aliphatic rings. The molecular weight excluding hydrogens is 393 g/mol. The predicted molar refractivity (Wildman–Crippen MR) is 107 cm³/mol. The summed E-state index contributed by atoms with van der Waals surface area (Å²) in [6.45, 7) is 3.74. The summed E-state index contributed by atoms with van der Waals surface area (Å²) in [6.07, 6.45) is 1.58. The van der Waals surface area contributed by atoms with Gasteiger partial charge in [-0.15, -0.1) is 0 Å². The first kappa shape index (κ1) is 20.4. The number of carbonyl (C=O) groups is 1. The van der Waals surface area contributed by atoms with Crippen molar-refractivity contribution in [2.45, 2.75) is 38.4 Å². The van der Waals surface area contributed by atoms with Gasteiger partial charge in [0.2, 0.25) is 5.91 Å². The lowest BCUT2D eigenvalue weighted by Gasteiger charge is -2.37. The molecule has 1 aromatic carbocycles. The van der Waals surface area contributed by atoms with E-state index in [1.807, 2.05) is 17.2 Å². The van der Waals surface area contributed by atoms with Gasteiger partial charge in [-0.1, -0.05) is 19.1 Å². The van der Waals surface area contributed by atoms with Gasteiger partial charge in [0, 0.05) is 55.9 Å². The predicted octanol–water partition coefficient (Wildman–Crippen LogP) is 4.49. The number of amides is 1. The minimum Gasteiger partial charge on any atom is -0.342 e. The van der Waals surface area contributed by atoms with Crippen LogP contribution in [0.25, 0.3) is 10.9 Å². The second-order valence-corrected chi connectivity index (χ2v) is 7.96. The normalized spacial score (nSPS) is 19.9. The summed E-state index contributed by atoms with van der Waals surface area (Å²) < 4.78 is 42.0. The van der Waals surface area contributed by atoms with Gasteiger partial charge in [0.15, 0.2) is 0 Å². The van der Waals surface area contributed by atoms with Crippen LogP contribution < -0.4 is 0 Å². The fourth-order valence-electron chi connectivity index (χ4n) is 4.36. The first-order valence-electron chi connectivity index (χ1n) is 10.0. The van der Waals surface area contributed by atoms with Gasteiger partial charge in [-0.05, 0) is 36.1 Å². The molecule has 4 rings (SSSR count). The van der Waals surface area contributed by atoms with Crippen molar-refractivity contribution in [2.75, 3.05) is 13.1 Å². The van der Waals surface area contributed by atoms with Gasteiger partial charge < -0.3 is 4.90 Å². The van der Waals surface area contributed by atoms with Crippen LogP contribution in [0.3, 0.4) is 0 Å². The van der Waals surface area contributed by atoms with Crippen molar-refractivity contribution >= 4 is 16.8 Å². The second-order valence-electron chi connectivity index (χ2n) is 7.96. The number of piperidine rings is 1. The zero-order valence-corrected chi connectivity index (χ0v) is 16.6. The Hall–Kier alpha value is -2.90. The number of halogens is 3. The number of aryl methyl sites for hydroxylation is 1. The minimum absolute atomic E-state index is 0.0303. The maximum atomic E-state index is 13.4. The van der Waals surface area contributed by atoms with Crippen molar-refractivity contribution in [3.8, 4) is 0 Å². The molecule has 1 saturated heterocycles. The van der Waals surface area contributed by atoms with Crippen molar-refractivity contribution in [3.05, 3.63) is 60.0 Å². The Morgan fingerprint density at radius 1 is 1.17 bits per heavy atom. The van der Waals surface area contributed by atoms with E-state index >= 15 is 0 Å². The maximum absolute atomic E-state index is 13.4. The summed E-state index contributed by atoms with van der Waals surface area (Å²) in [5.74, 6) is 0.263. The van der Waals surface area contributed by atoms with E-state index in [0.717, 1.165) is 18.1 Å². The molecule has 0 aliphatic carbocycles. The van der Waals surface area contributed by atoms with Crippen molar-refractivity contribution in [3.63, 3.8) is 0 Å². The fourth-order valence-corrected chi connectivity index (χ4v) is 4.36. The molecule has 0 bridgehead atoms. The molecule has 158 valence electrons. The molecule has 3 aromatic rings. The van der Waals surface area contributed by atoms with Gasteiger partial charge in [-0.3, -0.25) is 14.5 Å². The van der Waals surface area contributed by atoms with Crippen LogP contribution in [-0.4, -0.2) is 38.7 Å². The molecule has 0 spiro atoms. The van der Waals surface area contributed by atoms with E-state index in [0.29, 0.717) is 31.4 Å². The third-order valence-electron chi connectivity index (χ3n) is 5.68. The number of nitrogens with zero attached hydrogens (tertiary/aromatic N) is 4. The zero-order chi connectivity index (χ0) is 21.3. The zero-order valence-electron chi connectivity index (χ0n) is 16.6. The van der Waals surface area contributed by atoms with E-state index in [-0.39, 0.29) is 23.3 Å². The highest BCUT2D eigenvalue weighted by Crippen LogP contribution is 2.39. The Labute approximate surface area is 172 Å². The van der Waals surface area contributed by atoms with Gasteiger partial charge >= 0.3 is 6.18 Å². The first-order chi connectivity index (χ1) is 14.3. The SMILES string of the molecule is C[C@@H]1C[C@H](c2ccc(C(F)(F)F)c3ncccc23)CN(C(=O)CCn2cccn2)C1. The number of carbonyl (C=O) groups excluding carboxylic acids is 1. The van der Waals surface area contributed by atoms with Crippen LogP contribution in [0, 0.1) is 5.92 Å². The largest absolute Gasteiger partial charge is 0.418 e. The minimum atomic E-state index is -4.46. The Balaban J connectivity index is 1.59. The van der Waals surface area contributed by atoms with Gasteiger partial charge in [0.05, 0.1) is 11.1 Å². The summed E-state index contributed by atoms with van der Waals surface area (Å²) in [4.78, 5) is 18.6. The topological polar surface area (TPSA) is 51.0 Å². The third kappa shape index (κ3) is 4.17. The van der Waals surface area contributed by atoms with Gasteiger partial charge in [-0.25, -0.2) is 0 Å². The van der Waals surface area contributed by atoms with E-state index in [9.17, 15) is 18.0 Å². The smallest absolute Gasteiger partial charge is 0.342 e. The summed E-state index contributed by atoms with van der Waals surface area (Å²) in [7, 11) is 0. The lowest BCUT2D eigenvalue weighted by atomic mass is 9.83. The average molecular weight is 416 g/mol. The first-order valence-corrected chi connectivity index (χ1v) is 10.0. The van der Waals surface area contributed by atoms with Crippen molar-refractivity contribution in [1.82, 2.24) is 19.7 Å². The van der Waals surface area contributed by atoms with Crippen LogP contribution in [0.2, 0.25) is 0 Å². The number of hydrogen-bond donors (Lipinski definition) is 0. The summed E-state index contributed by atoms with van der Waals surface area (Å²) in [5, 5.41) is 4.63. The average Bonchev–Trinajstić information content (AvgIpc) is 3.23. The maximum Gasteiger partial charge on any atom is 0.418 e. The van der Waals surface area contributed by atoms with E-state index in [2.05, 4.69) is 17.0 Å². The van der Waals surface area contributed by atoms with Crippen LogP contribution in [0.1, 0.15) is 36.8 Å². The highest BCUT2D eigenvalue weighted by molar-refractivity contribution is 5.86. The number of rotatable bonds is 4. The van der Waals surface area contributed by atoms with Crippen LogP contribution in [0.5, 0.6) is 0 Å². The van der Waals surface area contributed by atoms with Crippen molar-refractivity contribution < 1.29 is 18.0 Å². The molecule has 0 saturated carbocycles. The molecule has 8 heteroatoms. The monoisotopic (exact) mass is 416 g/mol. The van der Waals surface area contributed by atoms with Gasteiger partial charge in [0.25, 0.3) is 0 Å². The van der Waals surface area contributed by atoms with Gasteiger partial charge in [-0.2, -0.15) is 18.3 Å². The summed E-state index contributed by atoms with van der Waals surface area (Å²) in [5.41, 5.74) is 0.0673. The molecular formula is C22H23F3N4O. The number of fused-ring (bicyclic) bond motifs is 1. The van der Waals surface area contributed by atoms with Crippen molar-refractivity contribution in [1.29, 1.82) is 0 Å². The molecule has 2 atom stereocenters. The van der Waals surface area contributed by atoms with E-state index in [1.54, 1.807) is 29.1 Å². The third-order valence-corrected chi connectivity index (χ3v) is 5.68. The quantitative estimate of drug-likeness (QED) is 0.630. The van der Waals surface area contributed by atoms with Crippen LogP contribution in [-0.2, 0) is 17.5 Å². The number of aromatic nitrogens is 3. The Morgan fingerprint density at radius 2 is 2.00 bits per heavy atom. The summed E-state index contributed by atoms with van der Waals surface area (Å²) >= 11 is 0. The number of benzene rings is 1.